The van der Waals surface area contributed by atoms with E-state index in [-0.39, 0.29) is 17.7 Å². The lowest BCUT2D eigenvalue weighted by molar-refractivity contribution is -0.132. The van der Waals surface area contributed by atoms with Gasteiger partial charge in [-0.3, -0.25) is 9.59 Å². The number of benzene rings is 1. The number of nitrogens with one attached hydrogen (secondary N) is 2. The molecule has 1 aromatic rings. The van der Waals surface area contributed by atoms with Gasteiger partial charge in [-0.2, -0.15) is 0 Å². The van der Waals surface area contributed by atoms with Gasteiger partial charge < -0.3 is 10.6 Å². The van der Waals surface area contributed by atoms with E-state index in [2.05, 4.69) is 10.6 Å². The summed E-state index contributed by atoms with van der Waals surface area (Å²) in [5.74, 6) is -0.230. The zero-order chi connectivity index (χ0) is 13.0. The van der Waals surface area contributed by atoms with E-state index in [1.54, 1.807) is 0 Å². The van der Waals surface area contributed by atoms with Crippen molar-refractivity contribution in [2.45, 2.75) is 26.3 Å². The highest BCUT2D eigenvalue weighted by molar-refractivity contribution is 5.86. The second-order valence-electron chi connectivity index (χ2n) is 4.75. The largest absolute Gasteiger partial charge is 0.356 e. The molecule has 1 aliphatic rings. The zero-order valence-corrected chi connectivity index (χ0v) is 10.5. The lowest BCUT2D eigenvalue weighted by atomic mass is 9.96. The van der Waals surface area contributed by atoms with Gasteiger partial charge in [-0.05, 0) is 18.9 Å². The minimum absolute atomic E-state index is 0.0219. The molecule has 0 radical (unpaired) electrons. The third-order valence-electron chi connectivity index (χ3n) is 3.17. The topological polar surface area (TPSA) is 58.2 Å². The average molecular weight is 246 g/mol. The van der Waals surface area contributed by atoms with E-state index < -0.39 is 0 Å². The van der Waals surface area contributed by atoms with Crippen molar-refractivity contribution in [2.24, 2.45) is 5.92 Å². The maximum Gasteiger partial charge on any atom is 0.223 e. The van der Waals surface area contributed by atoms with Gasteiger partial charge in [0.25, 0.3) is 0 Å². The summed E-state index contributed by atoms with van der Waals surface area (Å²) < 4.78 is 0. The zero-order valence-electron chi connectivity index (χ0n) is 10.5. The van der Waals surface area contributed by atoms with Crippen LogP contribution in [0.2, 0.25) is 0 Å². The first-order valence-corrected chi connectivity index (χ1v) is 6.25. The maximum atomic E-state index is 11.9. The lowest BCUT2D eigenvalue weighted by Gasteiger charge is -2.21. The first-order chi connectivity index (χ1) is 8.65. The van der Waals surface area contributed by atoms with Gasteiger partial charge in [0.2, 0.25) is 11.8 Å². The number of hydrogen-bond acceptors (Lipinski definition) is 2. The molecular formula is C14H18N2O2. The van der Waals surface area contributed by atoms with Crippen LogP contribution in [0.25, 0.3) is 0 Å². The molecule has 2 rings (SSSR count). The number of carbonyl (C=O) groups is 2. The number of carbonyl (C=O) groups excluding carboxylic acids is 2. The molecule has 0 bridgehead atoms. The van der Waals surface area contributed by atoms with E-state index in [1.807, 2.05) is 31.2 Å². The van der Waals surface area contributed by atoms with Crippen LogP contribution >= 0.6 is 0 Å². The fourth-order valence-corrected chi connectivity index (χ4v) is 2.16. The van der Waals surface area contributed by atoms with Gasteiger partial charge in [-0.15, -0.1) is 0 Å². The molecular weight excluding hydrogens is 228 g/mol. The van der Waals surface area contributed by atoms with Crippen LogP contribution in [0.4, 0.5) is 0 Å². The minimum Gasteiger partial charge on any atom is -0.356 e. The van der Waals surface area contributed by atoms with Crippen LogP contribution in [0, 0.1) is 12.8 Å². The molecule has 1 unspecified atom stereocenters. The van der Waals surface area contributed by atoms with Crippen molar-refractivity contribution < 1.29 is 9.59 Å². The summed E-state index contributed by atoms with van der Waals surface area (Å²) >= 11 is 0. The van der Waals surface area contributed by atoms with Gasteiger partial charge in [0, 0.05) is 25.4 Å². The minimum atomic E-state index is -0.177. The maximum absolute atomic E-state index is 11.9. The third-order valence-corrected chi connectivity index (χ3v) is 3.17. The first-order valence-electron chi connectivity index (χ1n) is 6.25. The van der Waals surface area contributed by atoms with Crippen molar-refractivity contribution in [2.75, 3.05) is 6.54 Å². The lowest BCUT2D eigenvalue weighted by Crippen LogP contribution is -2.40. The third kappa shape index (κ3) is 3.32. The summed E-state index contributed by atoms with van der Waals surface area (Å²) in [6.07, 6.45) is 1.03. The highest BCUT2D eigenvalue weighted by Gasteiger charge is 2.24. The Labute approximate surface area is 107 Å². The van der Waals surface area contributed by atoms with E-state index in [1.165, 1.54) is 5.56 Å². The summed E-state index contributed by atoms with van der Waals surface area (Å²) in [5, 5.41) is 5.63. The van der Waals surface area contributed by atoms with Gasteiger partial charge in [0.05, 0.1) is 0 Å². The molecule has 96 valence electrons. The van der Waals surface area contributed by atoms with Crippen molar-refractivity contribution >= 4 is 11.8 Å². The average Bonchev–Trinajstić information content (AvgIpc) is 2.36. The number of amides is 2. The van der Waals surface area contributed by atoms with Crippen LogP contribution in [0.1, 0.15) is 24.0 Å². The fourth-order valence-electron chi connectivity index (χ4n) is 2.16. The van der Waals surface area contributed by atoms with Crippen LogP contribution in [0.15, 0.2) is 24.3 Å². The second-order valence-corrected chi connectivity index (χ2v) is 4.75. The molecule has 0 aromatic heterocycles. The highest BCUT2D eigenvalue weighted by Crippen LogP contribution is 2.13. The predicted molar refractivity (Wildman–Crippen MR) is 68.8 cm³/mol. The first kappa shape index (κ1) is 12.6. The van der Waals surface area contributed by atoms with Crippen molar-refractivity contribution in [1.82, 2.24) is 10.6 Å². The SMILES string of the molecule is Cc1cccc(CNC(=O)C2CCNC(=O)C2)c1. The Bertz CT molecular complexity index is 457. The van der Waals surface area contributed by atoms with Gasteiger partial charge in [-0.25, -0.2) is 0 Å². The molecule has 18 heavy (non-hydrogen) atoms. The Hall–Kier alpha value is -1.84. The van der Waals surface area contributed by atoms with Crippen molar-refractivity contribution in [3.63, 3.8) is 0 Å². The molecule has 0 aliphatic carbocycles. The fraction of sp³-hybridized carbons (Fsp3) is 0.429. The highest BCUT2D eigenvalue weighted by atomic mass is 16.2. The summed E-state index contributed by atoms with van der Waals surface area (Å²) in [5.41, 5.74) is 2.27. The van der Waals surface area contributed by atoms with E-state index in [4.69, 9.17) is 0 Å². The smallest absolute Gasteiger partial charge is 0.223 e. The Morgan fingerprint density at radius 3 is 3.06 bits per heavy atom. The van der Waals surface area contributed by atoms with Crippen molar-refractivity contribution in [1.29, 1.82) is 0 Å². The Balaban J connectivity index is 1.86. The molecule has 1 atom stereocenters. The summed E-state index contributed by atoms with van der Waals surface area (Å²) in [4.78, 5) is 23.1. The molecule has 1 aromatic carbocycles. The van der Waals surface area contributed by atoms with E-state index in [0.29, 0.717) is 19.5 Å². The van der Waals surface area contributed by atoms with Crippen LogP contribution in [-0.2, 0) is 16.1 Å². The second kappa shape index (κ2) is 5.67. The van der Waals surface area contributed by atoms with E-state index in [0.717, 1.165) is 12.0 Å². The molecule has 2 amide bonds. The van der Waals surface area contributed by atoms with Crippen LogP contribution in [0.5, 0.6) is 0 Å². The van der Waals surface area contributed by atoms with Crippen LogP contribution in [0.3, 0.4) is 0 Å². The van der Waals surface area contributed by atoms with Crippen molar-refractivity contribution in [3.05, 3.63) is 35.4 Å². The monoisotopic (exact) mass is 246 g/mol. The molecule has 4 nitrogen and oxygen atoms in total. The normalized spacial score (nSPS) is 19.2. The van der Waals surface area contributed by atoms with Crippen molar-refractivity contribution in [3.8, 4) is 0 Å². The van der Waals surface area contributed by atoms with E-state index >= 15 is 0 Å². The molecule has 1 heterocycles. The Kier molecular flexibility index (Phi) is 3.97. The molecule has 1 fully saturated rings. The van der Waals surface area contributed by atoms with Gasteiger partial charge in [0.1, 0.15) is 0 Å². The summed E-state index contributed by atoms with van der Waals surface area (Å²) in [6, 6.07) is 8.04. The number of piperidine rings is 1. The molecule has 0 saturated carbocycles. The van der Waals surface area contributed by atoms with Gasteiger partial charge >= 0.3 is 0 Å². The van der Waals surface area contributed by atoms with Gasteiger partial charge in [-0.1, -0.05) is 29.8 Å². The number of hydrogen-bond donors (Lipinski definition) is 2. The molecule has 1 aliphatic heterocycles. The van der Waals surface area contributed by atoms with Crippen LogP contribution in [-0.4, -0.2) is 18.4 Å². The quantitative estimate of drug-likeness (QED) is 0.840. The number of rotatable bonds is 3. The standard InChI is InChI=1S/C14H18N2O2/c1-10-3-2-4-11(7-10)9-16-14(18)12-5-6-15-13(17)8-12/h2-4,7,12H,5-6,8-9H2,1H3,(H,15,17)(H,16,18). The molecule has 4 heteroatoms. The molecule has 0 spiro atoms. The van der Waals surface area contributed by atoms with Crippen LogP contribution < -0.4 is 10.6 Å². The van der Waals surface area contributed by atoms with Gasteiger partial charge in [0.15, 0.2) is 0 Å². The number of aryl methyl sites for hydroxylation is 1. The Morgan fingerprint density at radius 1 is 1.50 bits per heavy atom. The van der Waals surface area contributed by atoms with E-state index in [9.17, 15) is 9.59 Å². The predicted octanol–water partition coefficient (Wildman–Crippen LogP) is 1.14. The summed E-state index contributed by atoms with van der Waals surface area (Å²) in [6.45, 7) is 3.15. The Morgan fingerprint density at radius 2 is 2.33 bits per heavy atom. The molecule has 1 saturated heterocycles. The molecule has 2 N–H and O–H groups in total. The summed E-state index contributed by atoms with van der Waals surface area (Å²) in [7, 11) is 0.